The molecule has 0 radical (unpaired) electrons. The molecule has 4 rings (SSSR count). The molecule has 4 N–H and O–H groups in total. The lowest BCUT2D eigenvalue weighted by atomic mass is 10.1. The van der Waals surface area contributed by atoms with Crippen LogP contribution >= 0.6 is 0 Å². The molecule has 2 aromatic carbocycles. The van der Waals surface area contributed by atoms with Crippen molar-refractivity contribution in [2.45, 2.75) is 13.5 Å². The number of aromatic nitrogens is 2. The summed E-state index contributed by atoms with van der Waals surface area (Å²) in [5.74, 6) is 6.31. The smallest absolute Gasteiger partial charge is 0.258 e. The molecule has 1 aliphatic rings. The maximum atomic E-state index is 12.3. The summed E-state index contributed by atoms with van der Waals surface area (Å²) in [4.78, 5) is 24.3. The molecule has 1 aromatic heterocycles. The van der Waals surface area contributed by atoms with Gasteiger partial charge in [0.1, 0.15) is 5.82 Å². The number of nitrogens with one attached hydrogen (secondary N) is 2. The van der Waals surface area contributed by atoms with Gasteiger partial charge in [-0.15, -0.1) is 5.11 Å². The van der Waals surface area contributed by atoms with E-state index in [0.29, 0.717) is 23.3 Å². The highest BCUT2D eigenvalue weighted by Gasteiger charge is 2.22. The number of hydrogen-bond donors (Lipinski definition) is 3. The van der Waals surface area contributed by atoms with E-state index in [2.05, 4.69) is 36.0 Å². The van der Waals surface area contributed by atoms with E-state index in [0.717, 1.165) is 43.0 Å². The molecule has 1 aliphatic heterocycles. The number of nitrogens with two attached hydrogens (primary N) is 1. The van der Waals surface area contributed by atoms with Crippen LogP contribution in [0.5, 0.6) is 0 Å². The zero-order valence-corrected chi connectivity index (χ0v) is 16.8. The summed E-state index contributed by atoms with van der Waals surface area (Å²) < 4.78 is 0. The maximum absolute atomic E-state index is 12.3. The van der Waals surface area contributed by atoms with Crippen LogP contribution in [0.1, 0.15) is 17.0 Å². The summed E-state index contributed by atoms with van der Waals surface area (Å²) in [6.07, 6.45) is 0. The highest BCUT2D eigenvalue weighted by molar-refractivity contribution is 6.03. The third-order valence-electron chi connectivity index (χ3n) is 5.37. The minimum atomic E-state index is -0.105. The van der Waals surface area contributed by atoms with Crippen molar-refractivity contribution in [2.75, 3.05) is 31.1 Å². The van der Waals surface area contributed by atoms with E-state index in [1.165, 1.54) is 0 Å². The lowest BCUT2D eigenvalue weighted by molar-refractivity contribution is 0.244. The molecule has 0 amide bonds. The molecular weight excluding hydrogens is 380 g/mol. The van der Waals surface area contributed by atoms with Gasteiger partial charge in [-0.1, -0.05) is 18.2 Å². The number of benzene rings is 2. The largest absolute Gasteiger partial charge is 0.368 e. The van der Waals surface area contributed by atoms with E-state index in [4.69, 9.17) is 11.4 Å². The number of fused-ring (bicyclic) bond motifs is 1. The number of nitrogens with zero attached hydrogens (tertiary/aromatic N) is 5. The second-order valence-corrected chi connectivity index (χ2v) is 7.38. The standard InChI is InChI=1S/C21H24N8O/c1-14-6-7-16(20(26-22)27-23)18(12-14)29-10-8-28(9-11-29)13-19-24-17-5-3-2-4-15(17)21(30)25-19/h2-7,12,22H,8-11,13,23H2,1H3,(H,24,25,30)/b26-22?,27-20-. The van der Waals surface area contributed by atoms with Gasteiger partial charge in [0.2, 0.25) is 5.84 Å². The number of hydrogen-bond acceptors (Lipinski definition) is 7. The molecule has 0 bridgehead atoms. The van der Waals surface area contributed by atoms with Crippen LogP contribution in [0.25, 0.3) is 10.9 Å². The van der Waals surface area contributed by atoms with E-state index in [1.807, 2.05) is 37.3 Å². The van der Waals surface area contributed by atoms with Crippen LogP contribution in [0.15, 0.2) is 57.5 Å². The van der Waals surface area contributed by atoms with Crippen molar-refractivity contribution in [3.05, 3.63) is 69.8 Å². The van der Waals surface area contributed by atoms with Gasteiger partial charge in [0.05, 0.1) is 17.4 Å². The first-order valence-corrected chi connectivity index (χ1v) is 9.80. The summed E-state index contributed by atoms with van der Waals surface area (Å²) in [7, 11) is 0. The van der Waals surface area contributed by atoms with Gasteiger partial charge in [0, 0.05) is 37.4 Å². The highest BCUT2D eigenvalue weighted by Crippen LogP contribution is 2.25. The number of piperazine rings is 1. The van der Waals surface area contributed by atoms with Crippen LogP contribution in [0.3, 0.4) is 0 Å². The summed E-state index contributed by atoms with van der Waals surface area (Å²) in [5.41, 5.74) is 10.8. The molecule has 9 nitrogen and oxygen atoms in total. The minimum Gasteiger partial charge on any atom is -0.368 e. The Labute approximate surface area is 173 Å². The van der Waals surface area contributed by atoms with E-state index in [1.54, 1.807) is 6.07 Å². The third-order valence-corrected chi connectivity index (χ3v) is 5.37. The first-order chi connectivity index (χ1) is 14.6. The minimum absolute atomic E-state index is 0.105. The highest BCUT2D eigenvalue weighted by atomic mass is 16.1. The van der Waals surface area contributed by atoms with Gasteiger partial charge in [-0.3, -0.25) is 9.69 Å². The zero-order chi connectivity index (χ0) is 21.1. The van der Waals surface area contributed by atoms with E-state index in [9.17, 15) is 4.79 Å². The fourth-order valence-electron chi connectivity index (χ4n) is 3.82. The number of hydrazone groups is 1. The summed E-state index contributed by atoms with van der Waals surface area (Å²) in [6, 6.07) is 13.3. The Morgan fingerprint density at radius 3 is 2.70 bits per heavy atom. The molecule has 0 spiro atoms. The van der Waals surface area contributed by atoms with Gasteiger partial charge in [0.25, 0.3) is 5.56 Å². The van der Waals surface area contributed by atoms with Crippen molar-refractivity contribution in [1.82, 2.24) is 14.9 Å². The molecule has 0 saturated carbocycles. The van der Waals surface area contributed by atoms with Crippen molar-refractivity contribution in [3.8, 4) is 0 Å². The van der Waals surface area contributed by atoms with Gasteiger partial charge >= 0.3 is 0 Å². The van der Waals surface area contributed by atoms with E-state index < -0.39 is 0 Å². The van der Waals surface area contributed by atoms with Crippen LogP contribution in [0, 0.1) is 12.5 Å². The average Bonchev–Trinajstić information content (AvgIpc) is 2.76. The number of aryl methyl sites for hydroxylation is 1. The van der Waals surface area contributed by atoms with Crippen LogP contribution in [0.2, 0.25) is 0 Å². The van der Waals surface area contributed by atoms with Crippen molar-refractivity contribution in [2.24, 2.45) is 16.1 Å². The second kappa shape index (κ2) is 8.42. The molecule has 0 aliphatic carbocycles. The molecule has 3 aromatic rings. The lowest BCUT2D eigenvalue weighted by Crippen LogP contribution is -2.46. The van der Waals surface area contributed by atoms with E-state index >= 15 is 0 Å². The van der Waals surface area contributed by atoms with E-state index in [-0.39, 0.29) is 11.4 Å². The van der Waals surface area contributed by atoms with Gasteiger partial charge in [-0.25, -0.2) is 10.5 Å². The van der Waals surface area contributed by atoms with Crippen molar-refractivity contribution >= 4 is 22.4 Å². The molecular formula is C21H24N8O. The number of amidine groups is 1. The Kier molecular flexibility index (Phi) is 5.53. The Morgan fingerprint density at radius 2 is 1.97 bits per heavy atom. The molecule has 0 atom stereocenters. The van der Waals surface area contributed by atoms with Gasteiger partial charge < -0.3 is 15.7 Å². The molecule has 9 heteroatoms. The molecule has 2 heterocycles. The Bertz CT molecular complexity index is 1160. The van der Waals surface area contributed by atoms with Crippen LogP contribution in [0.4, 0.5) is 5.69 Å². The van der Waals surface area contributed by atoms with Gasteiger partial charge in [0.15, 0.2) is 0 Å². The molecule has 30 heavy (non-hydrogen) atoms. The van der Waals surface area contributed by atoms with Crippen molar-refractivity contribution in [3.63, 3.8) is 0 Å². The number of rotatable bonds is 4. The summed E-state index contributed by atoms with van der Waals surface area (Å²) in [6.45, 7) is 5.84. The quantitative estimate of drug-likeness (QED) is 0.202. The second-order valence-electron chi connectivity index (χ2n) is 7.38. The predicted molar refractivity (Wildman–Crippen MR) is 117 cm³/mol. The maximum Gasteiger partial charge on any atom is 0.258 e. The fraction of sp³-hybridized carbons (Fsp3) is 0.286. The number of aromatic amines is 1. The van der Waals surface area contributed by atoms with Crippen molar-refractivity contribution < 1.29 is 0 Å². The third kappa shape index (κ3) is 3.92. The van der Waals surface area contributed by atoms with Crippen LogP contribution in [-0.2, 0) is 6.54 Å². The first-order valence-electron chi connectivity index (χ1n) is 9.80. The monoisotopic (exact) mass is 404 g/mol. The topological polar surface area (TPSA) is 127 Å². The fourth-order valence-corrected chi connectivity index (χ4v) is 3.82. The summed E-state index contributed by atoms with van der Waals surface area (Å²) in [5, 5.41) is 7.72. The first kappa shape index (κ1) is 19.7. The Balaban J connectivity index is 1.49. The Hall–Kier alpha value is -3.59. The molecule has 1 saturated heterocycles. The van der Waals surface area contributed by atoms with Crippen molar-refractivity contribution in [1.29, 1.82) is 5.53 Å². The number of H-pyrrole nitrogens is 1. The molecule has 1 fully saturated rings. The van der Waals surface area contributed by atoms with Crippen LogP contribution < -0.4 is 16.3 Å². The van der Waals surface area contributed by atoms with Crippen LogP contribution in [-0.4, -0.2) is 46.9 Å². The average molecular weight is 404 g/mol. The number of para-hydroxylation sites is 1. The molecule has 154 valence electrons. The lowest BCUT2D eigenvalue weighted by Gasteiger charge is -2.36. The SMILES string of the molecule is Cc1ccc(/C(N=N)=N/N)c(N2CCN(Cc3nc4ccccc4c(=O)[nH]3)CC2)c1. The zero-order valence-electron chi connectivity index (χ0n) is 16.8. The number of anilines is 1. The molecule has 0 unspecified atom stereocenters. The van der Waals surface area contributed by atoms with Gasteiger partial charge in [-0.2, -0.15) is 5.10 Å². The summed E-state index contributed by atoms with van der Waals surface area (Å²) >= 11 is 0. The normalized spacial score (nSPS) is 15.5. The predicted octanol–water partition coefficient (Wildman–Crippen LogP) is 2.20. The Morgan fingerprint density at radius 1 is 1.20 bits per heavy atom. The van der Waals surface area contributed by atoms with Gasteiger partial charge in [-0.05, 0) is 36.8 Å².